The minimum Gasteiger partial charge on any atom is -0.491 e. The average molecular weight is 447 g/mol. The Labute approximate surface area is 194 Å². The van der Waals surface area contributed by atoms with Gasteiger partial charge in [-0.25, -0.2) is 4.39 Å². The second kappa shape index (κ2) is 11.3. The summed E-state index contributed by atoms with van der Waals surface area (Å²) in [6, 6.07) is 3.39. The maximum absolute atomic E-state index is 14.7. The third-order valence-corrected chi connectivity index (χ3v) is 9.18. The topological polar surface area (TPSA) is 9.23 Å². The maximum Gasteiger partial charge on any atom is 0.200 e. The molecule has 180 valence electrons. The van der Waals surface area contributed by atoms with E-state index in [4.69, 9.17) is 4.74 Å². The lowest BCUT2D eigenvalue weighted by atomic mass is 9.63. The molecule has 3 heteroatoms. The molecule has 0 heterocycles. The van der Waals surface area contributed by atoms with Crippen LogP contribution in [0, 0.1) is 41.2 Å². The van der Waals surface area contributed by atoms with Crippen LogP contribution >= 0.6 is 0 Å². The van der Waals surface area contributed by atoms with E-state index in [9.17, 15) is 8.78 Å². The molecule has 1 nitrogen and oxygen atoms in total. The number of ether oxygens (including phenoxy) is 1. The second-order valence-corrected chi connectivity index (χ2v) is 11.2. The second-order valence-electron chi connectivity index (χ2n) is 11.2. The van der Waals surface area contributed by atoms with Crippen molar-refractivity contribution >= 4 is 0 Å². The van der Waals surface area contributed by atoms with Gasteiger partial charge in [-0.05, 0) is 86.2 Å². The molecule has 4 unspecified atom stereocenters. The van der Waals surface area contributed by atoms with Crippen LogP contribution in [0.1, 0.15) is 115 Å². The van der Waals surface area contributed by atoms with E-state index in [0.717, 1.165) is 36.5 Å². The van der Waals surface area contributed by atoms with Crippen molar-refractivity contribution < 1.29 is 13.5 Å². The SMILES string of the molecule is CCCC1CCC(CCC2CCC3CC(c4ccc(OCC)c(F)c4F)CCC3C2)CC1. The molecule has 3 aliphatic carbocycles. The Hall–Kier alpha value is -1.12. The van der Waals surface area contributed by atoms with E-state index < -0.39 is 11.6 Å². The molecule has 0 N–H and O–H groups in total. The summed E-state index contributed by atoms with van der Waals surface area (Å²) >= 11 is 0. The van der Waals surface area contributed by atoms with Gasteiger partial charge >= 0.3 is 0 Å². The fourth-order valence-electron chi connectivity index (χ4n) is 7.35. The molecule has 3 aliphatic rings. The van der Waals surface area contributed by atoms with Crippen molar-refractivity contribution in [2.24, 2.45) is 29.6 Å². The predicted molar refractivity (Wildman–Crippen MR) is 128 cm³/mol. The first-order valence-electron chi connectivity index (χ1n) is 13.7. The van der Waals surface area contributed by atoms with Gasteiger partial charge in [0.15, 0.2) is 11.6 Å². The highest BCUT2D eigenvalue weighted by atomic mass is 19.2. The van der Waals surface area contributed by atoms with Crippen molar-refractivity contribution in [3.05, 3.63) is 29.3 Å². The van der Waals surface area contributed by atoms with Crippen LogP contribution in [0.2, 0.25) is 0 Å². The van der Waals surface area contributed by atoms with Crippen LogP contribution < -0.4 is 4.74 Å². The number of rotatable bonds is 8. The summed E-state index contributed by atoms with van der Waals surface area (Å²) in [6.45, 7) is 4.47. The lowest BCUT2D eigenvalue weighted by Gasteiger charge is -2.43. The fraction of sp³-hybridized carbons (Fsp3) is 0.793. The normalized spacial score (nSPS) is 33.0. The Morgan fingerprint density at radius 3 is 2.06 bits per heavy atom. The highest BCUT2D eigenvalue weighted by Crippen LogP contribution is 2.49. The molecule has 1 aromatic carbocycles. The Balaban J connectivity index is 1.24. The van der Waals surface area contributed by atoms with E-state index in [-0.39, 0.29) is 11.7 Å². The maximum atomic E-state index is 14.7. The van der Waals surface area contributed by atoms with Gasteiger partial charge in [-0.2, -0.15) is 4.39 Å². The van der Waals surface area contributed by atoms with Gasteiger partial charge in [0.1, 0.15) is 0 Å². The lowest BCUT2D eigenvalue weighted by Crippen LogP contribution is -2.31. The van der Waals surface area contributed by atoms with Crippen LogP contribution in [0.25, 0.3) is 0 Å². The van der Waals surface area contributed by atoms with Gasteiger partial charge in [0.05, 0.1) is 6.61 Å². The summed E-state index contributed by atoms with van der Waals surface area (Å²) in [7, 11) is 0. The van der Waals surface area contributed by atoms with Crippen molar-refractivity contribution in [3.63, 3.8) is 0 Å². The van der Waals surface area contributed by atoms with Crippen LogP contribution in [-0.4, -0.2) is 6.61 Å². The minimum absolute atomic E-state index is 0.0433. The van der Waals surface area contributed by atoms with E-state index in [0.29, 0.717) is 18.1 Å². The van der Waals surface area contributed by atoms with Gasteiger partial charge in [-0.15, -0.1) is 0 Å². The molecule has 0 amide bonds. The highest BCUT2D eigenvalue weighted by molar-refractivity contribution is 5.33. The molecule has 3 fully saturated rings. The number of halogens is 2. The highest BCUT2D eigenvalue weighted by Gasteiger charge is 2.37. The molecule has 0 spiro atoms. The zero-order valence-electron chi connectivity index (χ0n) is 20.4. The van der Waals surface area contributed by atoms with E-state index in [2.05, 4.69) is 6.92 Å². The average Bonchev–Trinajstić information content (AvgIpc) is 2.82. The molecular formula is C29H44F2O. The van der Waals surface area contributed by atoms with Crippen LogP contribution in [0.4, 0.5) is 8.78 Å². The quantitative estimate of drug-likeness (QED) is 0.387. The first kappa shape index (κ1) is 24.0. The first-order chi connectivity index (χ1) is 15.6. The molecule has 0 saturated heterocycles. The Bertz CT molecular complexity index is 724. The van der Waals surface area contributed by atoms with Crippen molar-refractivity contribution in [2.75, 3.05) is 6.61 Å². The van der Waals surface area contributed by atoms with Gasteiger partial charge in [0.2, 0.25) is 5.82 Å². The van der Waals surface area contributed by atoms with Crippen molar-refractivity contribution in [3.8, 4) is 5.75 Å². The number of fused-ring (bicyclic) bond motifs is 1. The van der Waals surface area contributed by atoms with Crippen LogP contribution in [0.15, 0.2) is 12.1 Å². The molecule has 3 saturated carbocycles. The fourth-order valence-corrected chi connectivity index (χ4v) is 7.35. The molecule has 4 atom stereocenters. The van der Waals surface area contributed by atoms with E-state index in [1.165, 1.54) is 77.0 Å². The molecule has 4 rings (SSSR count). The largest absolute Gasteiger partial charge is 0.491 e. The summed E-state index contributed by atoms with van der Waals surface area (Å²) in [5.74, 6) is 3.12. The summed E-state index contributed by atoms with van der Waals surface area (Å²) in [5.41, 5.74) is 0.574. The molecule has 1 aromatic rings. The van der Waals surface area contributed by atoms with Crippen LogP contribution in [0.5, 0.6) is 5.75 Å². The Kier molecular flexibility index (Phi) is 8.51. The van der Waals surface area contributed by atoms with Gasteiger partial charge in [0, 0.05) is 0 Å². The summed E-state index contributed by atoms with van der Waals surface area (Å²) in [5, 5.41) is 0. The standard InChI is InChI=1S/C29H44F2O/c1-3-5-20-6-8-21(9-7-20)10-11-22-12-13-24-19-25(15-14-23(24)18-22)26-16-17-27(32-4-2)29(31)28(26)30/h16-17,20-25H,3-15,18-19H2,1-2H3. The van der Waals surface area contributed by atoms with E-state index in [1.54, 1.807) is 19.1 Å². The number of benzene rings is 1. The Morgan fingerprint density at radius 1 is 0.719 bits per heavy atom. The third kappa shape index (κ3) is 5.68. The van der Waals surface area contributed by atoms with Gasteiger partial charge in [-0.3, -0.25) is 0 Å². The molecule has 0 aromatic heterocycles. The Morgan fingerprint density at radius 2 is 1.34 bits per heavy atom. The van der Waals surface area contributed by atoms with Gasteiger partial charge in [0.25, 0.3) is 0 Å². The molecular weight excluding hydrogens is 402 g/mol. The first-order valence-corrected chi connectivity index (χ1v) is 13.7. The molecule has 0 radical (unpaired) electrons. The van der Waals surface area contributed by atoms with Crippen molar-refractivity contribution in [2.45, 2.75) is 110 Å². The zero-order valence-corrected chi connectivity index (χ0v) is 20.4. The molecule has 32 heavy (non-hydrogen) atoms. The van der Waals surface area contributed by atoms with Gasteiger partial charge in [-0.1, -0.05) is 70.8 Å². The van der Waals surface area contributed by atoms with Crippen LogP contribution in [-0.2, 0) is 0 Å². The monoisotopic (exact) mass is 446 g/mol. The van der Waals surface area contributed by atoms with Crippen molar-refractivity contribution in [1.29, 1.82) is 0 Å². The lowest BCUT2D eigenvalue weighted by molar-refractivity contribution is 0.108. The number of hydrogen-bond donors (Lipinski definition) is 0. The molecule has 0 aliphatic heterocycles. The van der Waals surface area contributed by atoms with E-state index in [1.807, 2.05) is 0 Å². The van der Waals surface area contributed by atoms with E-state index >= 15 is 0 Å². The third-order valence-electron chi connectivity index (χ3n) is 9.18. The summed E-state index contributed by atoms with van der Waals surface area (Å²) < 4.78 is 34.4. The number of hydrogen-bond acceptors (Lipinski definition) is 1. The minimum atomic E-state index is -0.807. The predicted octanol–water partition coefficient (Wildman–Crippen LogP) is 9.05. The summed E-state index contributed by atoms with van der Waals surface area (Å²) in [6.07, 6.45) is 18.8. The molecule has 0 bridgehead atoms. The van der Waals surface area contributed by atoms with Gasteiger partial charge < -0.3 is 4.74 Å². The smallest absolute Gasteiger partial charge is 0.200 e. The summed E-state index contributed by atoms with van der Waals surface area (Å²) in [4.78, 5) is 0. The van der Waals surface area contributed by atoms with Crippen LogP contribution in [0.3, 0.4) is 0 Å². The zero-order chi connectivity index (χ0) is 22.5. The van der Waals surface area contributed by atoms with Crippen molar-refractivity contribution in [1.82, 2.24) is 0 Å².